The first kappa shape index (κ1) is 18.3. The molecule has 1 saturated carbocycles. The summed E-state index contributed by atoms with van der Waals surface area (Å²) < 4.78 is 29.5. The maximum Gasteiger partial charge on any atom is 0.242 e. The first-order chi connectivity index (χ1) is 14.1. The lowest BCUT2D eigenvalue weighted by Gasteiger charge is -2.28. The van der Waals surface area contributed by atoms with E-state index in [0.29, 0.717) is 19.0 Å². The Morgan fingerprint density at radius 1 is 1.03 bits per heavy atom. The summed E-state index contributed by atoms with van der Waals surface area (Å²) in [4.78, 5) is 6.69. The van der Waals surface area contributed by atoms with Gasteiger partial charge in [-0.1, -0.05) is 30.3 Å². The third-order valence-corrected chi connectivity index (χ3v) is 6.81. The van der Waals surface area contributed by atoms with Gasteiger partial charge in [-0.05, 0) is 30.9 Å². The molecule has 0 atom stereocenters. The Morgan fingerprint density at radius 2 is 1.86 bits per heavy atom. The number of nitrogens with zero attached hydrogens (tertiary/aromatic N) is 5. The highest BCUT2D eigenvalue weighted by Gasteiger charge is 2.25. The van der Waals surface area contributed by atoms with Gasteiger partial charge in [0.1, 0.15) is 10.7 Å². The molecule has 2 aromatic heterocycles. The zero-order chi connectivity index (χ0) is 19.8. The summed E-state index contributed by atoms with van der Waals surface area (Å²) in [5.41, 5.74) is 1.05. The molecule has 8 nitrogen and oxygen atoms in total. The van der Waals surface area contributed by atoms with Crippen molar-refractivity contribution in [2.45, 2.75) is 30.8 Å². The van der Waals surface area contributed by atoms with Crippen molar-refractivity contribution < 1.29 is 8.42 Å². The third kappa shape index (κ3) is 3.75. The second-order valence-electron chi connectivity index (χ2n) is 7.53. The van der Waals surface area contributed by atoms with E-state index in [0.717, 1.165) is 49.0 Å². The summed E-state index contributed by atoms with van der Waals surface area (Å²) in [5.74, 6) is 2.97. The summed E-state index contributed by atoms with van der Waals surface area (Å²) in [5, 5.41) is 8.71. The van der Waals surface area contributed by atoms with Crippen molar-refractivity contribution in [3.05, 3.63) is 54.5 Å². The Bertz CT molecular complexity index is 1110. The quantitative estimate of drug-likeness (QED) is 0.669. The molecule has 1 fully saturated rings. The molecule has 1 N–H and O–H groups in total. The van der Waals surface area contributed by atoms with Gasteiger partial charge in [-0.2, -0.15) is 0 Å². The predicted molar refractivity (Wildman–Crippen MR) is 109 cm³/mol. The van der Waals surface area contributed by atoms with Crippen molar-refractivity contribution in [2.24, 2.45) is 5.92 Å². The highest BCUT2D eigenvalue weighted by molar-refractivity contribution is 7.89. The number of hydrogen-bond donors (Lipinski definition) is 1. The molecule has 0 unspecified atom stereocenters. The number of pyridine rings is 1. The van der Waals surface area contributed by atoms with E-state index in [2.05, 4.69) is 29.4 Å². The van der Waals surface area contributed by atoms with Crippen molar-refractivity contribution in [3.63, 3.8) is 0 Å². The molecule has 2 aliphatic rings. The van der Waals surface area contributed by atoms with Crippen LogP contribution in [0.25, 0.3) is 11.4 Å². The van der Waals surface area contributed by atoms with Crippen LogP contribution in [0, 0.1) is 5.92 Å². The van der Waals surface area contributed by atoms with Crippen LogP contribution in [0.1, 0.15) is 18.7 Å². The Hall–Kier alpha value is -2.78. The Balaban J connectivity index is 1.31. The summed E-state index contributed by atoms with van der Waals surface area (Å²) in [6, 6.07) is 13.4. The van der Waals surface area contributed by atoms with Crippen LogP contribution in [0.3, 0.4) is 0 Å². The van der Waals surface area contributed by atoms with E-state index in [1.165, 1.54) is 6.20 Å². The highest BCUT2D eigenvalue weighted by atomic mass is 32.2. The van der Waals surface area contributed by atoms with Crippen LogP contribution in [0.4, 0.5) is 5.82 Å². The lowest BCUT2D eigenvalue weighted by molar-refractivity contribution is 0.559. The zero-order valence-electron chi connectivity index (χ0n) is 15.9. The maximum absolute atomic E-state index is 12.4. The number of sulfonamides is 1. The molecule has 0 spiro atoms. The first-order valence-electron chi connectivity index (χ1n) is 9.78. The fraction of sp³-hybridized carbons (Fsp3) is 0.350. The number of anilines is 1. The van der Waals surface area contributed by atoms with E-state index in [4.69, 9.17) is 0 Å². The molecule has 1 aliphatic carbocycles. The Morgan fingerprint density at radius 3 is 2.59 bits per heavy atom. The topological polar surface area (TPSA) is 93.0 Å². The largest absolute Gasteiger partial charge is 0.347 e. The minimum Gasteiger partial charge on any atom is -0.347 e. The van der Waals surface area contributed by atoms with E-state index in [-0.39, 0.29) is 4.90 Å². The van der Waals surface area contributed by atoms with Crippen LogP contribution in [-0.4, -0.2) is 41.3 Å². The molecule has 29 heavy (non-hydrogen) atoms. The minimum absolute atomic E-state index is 0.202. The second kappa shape index (κ2) is 7.23. The Kier molecular flexibility index (Phi) is 4.56. The molecular formula is C20H22N6O2S. The molecule has 5 rings (SSSR count). The summed E-state index contributed by atoms with van der Waals surface area (Å²) >= 11 is 0. The van der Waals surface area contributed by atoms with Gasteiger partial charge in [-0.25, -0.2) is 18.1 Å². The van der Waals surface area contributed by atoms with Crippen LogP contribution in [0.2, 0.25) is 0 Å². The van der Waals surface area contributed by atoms with Crippen LogP contribution < -0.4 is 9.62 Å². The summed E-state index contributed by atoms with van der Waals surface area (Å²) in [6.07, 6.45) is 3.63. The fourth-order valence-electron chi connectivity index (χ4n) is 3.51. The van der Waals surface area contributed by atoms with Crippen molar-refractivity contribution >= 4 is 15.8 Å². The first-order valence-corrected chi connectivity index (χ1v) is 11.3. The van der Waals surface area contributed by atoms with Gasteiger partial charge < -0.3 is 9.47 Å². The number of hydrogen-bond acceptors (Lipinski definition) is 6. The van der Waals surface area contributed by atoms with Gasteiger partial charge >= 0.3 is 0 Å². The summed E-state index contributed by atoms with van der Waals surface area (Å²) in [6.45, 7) is 2.59. The van der Waals surface area contributed by atoms with E-state index in [1.54, 1.807) is 12.1 Å². The standard InChI is InChI=1S/C20H22N6O2S/c27-29(28,22-12-15-6-7-15)17-8-9-18(21-13-17)25-10-11-26-19(14-25)23-24-20(26)16-4-2-1-3-5-16/h1-5,8-9,13,15,22H,6-7,10-12,14H2. The number of aromatic nitrogens is 4. The van der Waals surface area contributed by atoms with Crippen molar-refractivity contribution in [1.82, 2.24) is 24.5 Å². The molecule has 1 aliphatic heterocycles. The fourth-order valence-corrected chi connectivity index (χ4v) is 4.57. The van der Waals surface area contributed by atoms with Gasteiger partial charge in [-0.15, -0.1) is 10.2 Å². The van der Waals surface area contributed by atoms with E-state index >= 15 is 0 Å². The lowest BCUT2D eigenvalue weighted by Crippen LogP contribution is -2.34. The molecule has 0 amide bonds. The minimum atomic E-state index is -3.50. The van der Waals surface area contributed by atoms with Crippen molar-refractivity contribution in [3.8, 4) is 11.4 Å². The van der Waals surface area contributed by atoms with Crippen molar-refractivity contribution in [2.75, 3.05) is 18.0 Å². The molecular weight excluding hydrogens is 388 g/mol. The Labute approximate surface area is 169 Å². The predicted octanol–water partition coefficient (Wildman–Crippen LogP) is 2.05. The monoisotopic (exact) mass is 410 g/mol. The van der Waals surface area contributed by atoms with E-state index in [1.807, 2.05) is 30.3 Å². The number of rotatable bonds is 6. The van der Waals surface area contributed by atoms with Crippen LogP contribution in [0.15, 0.2) is 53.6 Å². The van der Waals surface area contributed by atoms with Crippen molar-refractivity contribution in [1.29, 1.82) is 0 Å². The molecule has 150 valence electrons. The van der Waals surface area contributed by atoms with Gasteiger partial charge in [0.2, 0.25) is 10.0 Å². The van der Waals surface area contributed by atoms with E-state index in [9.17, 15) is 8.42 Å². The zero-order valence-corrected chi connectivity index (χ0v) is 16.7. The van der Waals surface area contributed by atoms with Crippen LogP contribution in [-0.2, 0) is 23.1 Å². The molecule has 0 radical (unpaired) electrons. The molecule has 3 aromatic rings. The summed E-state index contributed by atoms with van der Waals surface area (Å²) in [7, 11) is -3.50. The normalized spacial score (nSPS) is 16.6. The highest BCUT2D eigenvalue weighted by Crippen LogP contribution is 2.28. The van der Waals surface area contributed by atoms with E-state index < -0.39 is 10.0 Å². The second-order valence-corrected chi connectivity index (χ2v) is 9.29. The maximum atomic E-state index is 12.4. The van der Waals surface area contributed by atoms with Gasteiger partial charge in [0.05, 0.1) is 6.54 Å². The molecule has 9 heteroatoms. The SMILES string of the molecule is O=S(=O)(NCC1CC1)c1ccc(N2CCn3c(nnc3-c3ccccc3)C2)nc1. The van der Waals surface area contributed by atoms with Gasteiger partial charge in [0.25, 0.3) is 0 Å². The van der Waals surface area contributed by atoms with Gasteiger partial charge in [-0.3, -0.25) is 0 Å². The lowest BCUT2D eigenvalue weighted by atomic mass is 10.2. The average Bonchev–Trinajstić information content (AvgIpc) is 3.50. The number of benzene rings is 1. The average molecular weight is 411 g/mol. The van der Waals surface area contributed by atoms with Crippen LogP contribution in [0.5, 0.6) is 0 Å². The molecule has 3 heterocycles. The molecule has 0 bridgehead atoms. The number of nitrogens with one attached hydrogen (secondary N) is 1. The van der Waals surface area contributed by atoms with Gasteiger partial charge in [0.15, 0.2) is 11.6 Å². The van der Waals surface area contributed by atoms with Crippen LogP contribution >= 0.6 is 0 Å². The van der Waals surface area contributed by atoms with Gasteiger partial charge in [0, 0.05) is 31.4 Å². The smallest absolute Gasteiger partial charge is 0.242 e. The third-order valence-electron chi connectivity index (χ3n) is 5.40. The molecule has 0 saturated heterocycles. The number of fused-ring (bicyclic) bond motifs is 1. The molecule has 1 aromatic carbocycles.